The lowest BCUT2D eigenvalue weighted by Crippen LogP contribution is -2.45. The maximum Gasteiger partial charge on any atom is 0.331 e. The monoisotopic (exact) mass is 289 g/mol. The number of benzene rings is 1. The molecule has 0 aromatic heterocycles. The Balaban J connectivity index is 2.24. The van der Waals surface area contributed by atoms with E-state index in [2.05, 4.69) is 6.92 Å². The molecular weight excluding hydrogens is 266 g/mol. The molecule has 1 aromatic rings. The van der Waals surface area contributed by atoms with Gasteiger partial charge in [-0.15, -0.1) is 0 Å². The topological polar surface area (TPSA) is 57.6 Å². The smallest absolute Gasteiger partial charge is 0.331 e. The number of fused-ring (bicyclic) bond motifs is 1. The Labute approximate surface area is 125 Å². The number of carbonyl (C=O) groups is 2. The number of carboxylic acids is 1. The number of hydrogen-bond donors (Lipinski definition) is 1. The van der Waals surface area contributed by atoms with Crippen molar-refractivity contribution in [3.8, 4) is 0 Å². The molecule has 1 N–H and O–H groups in total. The van der Waals surface area contributed by atoms with Gasteiger partial charge in [0.1, 0.15) is 0 Å². The van der Waals surface area contributed by atoms with Crippen molar-refractivity contribution in [2.24, 2.45) is 5.92 Å². The van der Waals surface area contributed by atoms with E-state index in [1.807, 2.05) is 31.2 Å². The van der Waals surface area contributed by atoms with Crippen molar-refractivity contribution >= 4 is 11.9 Å². The highest BCUT2D eigenvalue weighted by Crippen LogP contribution is 2.31. The molecule has 21 heavy (non-hydrogen) atoms. The Morgan fingerprint density at radius 2 is 2.10 bits per heavy atom. The highest BCUT2D eigenvalue weighted by atomic mass is 16.4. The number of nitrogens with zero attached hydrogens (tertiary/aromatic N) is 1. The maximum absolute atomic E-state index is 12.6. The molecule has 0 fully saturated rings. The van der Waals surface area contributed by atoms with Gasteiger partial charge in [-0.3, -0.25) is 4.79 Å². The third-order valence-electron chi connectivity index (χ3n) is 4.21. The van der Waals surface area contributed by atoms with Gasteiger partial charge in [0.2, 0.25) is 5.91 Å². The lowest BCUT2D eigenvalue weighted by atomic mass is 9.91. The second-order valence-electron chi connectivity index (χ2n) is 5.76. The first kappa shape index (κ1) is 15.5. The summed E-state index contributed by atoms with van der Waals surface area (Å²) in [7, 11) is 0. The predicted octanol–water partition coefficient (Wildman–Crippen LogP) is 3.02. The van der Waals surface area contributed by atoms with Crippen LogP contribution in [0.15, 0.2) is 24.3 Å². The Kier molecular flexibility index (Phi) is 4.99. The van der Waals surface area contributed by atoms with Gasteiger partial charge < -0.3 is 10.0 Å². The molecule has 0 spiro atoms. The Bertz CT molecular complexity index is 527. The largest absolute Gasteiger partial charge is 0.479 e. The molecular formula is C17H23NO3. The zero-order valence-corrected chi connectivity index (χ0v) is 12.7. The van der Waals surface area contributed by atoms with Crippen LogP contribution >= 0.6 is 0 Å². The first-order chi connectivity index (χ1) is 10.1. The summed E-state index contributed by atoms with van der Waals surface area (Å²) in [5.41, 5.74) is 1.79. The van der Waals surface area contributed by atoms with Gasteiger partial charge in [0.05, 0.1) is 0 Å². The average Bonchev–Trinajstić information content (AvgIpc) is 2.50. The highest BCUT2D eigenvalue weighted by Gasteiger charge is 2.36. The summed E-state index contributed by atoms with van der Waals surface area (Å²) in [6.07, 6.45) is 3.59. The van der Waals surface area contributed by atoms with E-state index in [1.54, 1.807) is 4.90 Å². The molecule has 0 radical (unpaired) electrons. The van der Waals surface area contributed by atoms with Crippen LogP contribution in [0.3, 0.4) is 0 Å². The van der Waals surface area contributed by atoms with Crippen LogP contribution in [0.2, 0.25) is 0 Å². The second kappa shape index (κ2) is 6.74. The van der Waals surface area contributed by atoms with Gasteiger partial charge in [-0.05, 0) is 24.0 Å². The molecule has 1 aromatic carbocycles. The van der Waals surface area contributed by atoms with Crippen LogP contribution in [0.25, 0.3) is 0 Å². The number of carboxylic acid groups (broad SMARTS) is 1. The molecule has 2 atom stereocenters. The van der Waals surface area contributed by atoms with Gasteiger partial charge in [-0.2, -0.15) is 0 Å². The normalized spacial score (nSPS) is 19.0. The zero-order chi connectivity index (χ0) is 15.4. The van der Waals surface area contributed by atoms with Gasteiger partial charge >= 0.3 is 5.97 Å². The molecule has 4 heteroatoms. The number of carbonyl (C=O) groups excluding carboxylic acids is 1. The van der Waals surface area contributed by atoms with Gasteiger partial charge in [0.25, 0.3) is 0 Å². The molecule has 2 unspecified atom stereocenters. The molecule has 0 saturated heterocycles. The lowest BCUT2D eigenvalue weighted by molar-refractivity contribution is -0.153. The van der Waals surface area contributed by atoms with E-state index in [0.29, 0.717) is 6.54 Å². The van der Waals surface area contributed by atoms with Gasteiger partial charge in [0.15, 0.2) is 6.04 Å². The van der Waals surface area contributed by atoms with Crippen molar-refractivity contribution < 1.29 is 14.7 Å². The van der Waals surface area contributed by atoms with E-state index in [4.69, 9.17) is 0 Å². The molecule has 2 rings (SSSR count). The van der Waals surface area contributed by atoms with E-state index in [9.17, 15) is 14.7 Å². The Hall–Kier alpha value is -1.84. The molecule has 0 bridgehead atoms. The van der Waals surface area contributed by atoms with E-state index >= 15 is 0 Å². The molecule has 1 heterocycles. The predicted molar refractivity (Wildman–Crippen MR) is 80.9 cm³/mol. The highest BCUT2D eigenvalue weighted by molar-refractivity contribution is 5.86. The van der Waals surface area contributed by atoms with Crippen molar-refractivity contribution in [1.29, 1.82) is 0 Å². The van der Waals surface area contributed by atoms with Crippen LogP contribution in [0.4, 0.5) is 0 Å². The van der Waals surface area contributed by atoms with Crippen LogP contribution in [-0.2, 0) is 16.0 Å². The minimum atomic E-state index is -0.946. The van der Waals surface area contributed by atoms with Crippen LogP contribution in [0.1, 0.15) is 50.3 Å². The molecule has 1 amide bonds. The lowest BCUT2D eigenvalue weighted by Gasteiger charge is -2.36. The average molecular weight is 289 g/mol. The van der Waals surface area contributed by atoms with Crippen LogP contribution < -0.4 is 0 Å². The summed E-state index contributed by atoms with van der Waals surface area (Å²) in [5.74, 6) is -1.10. The quantitative estimate of drug-likeness (QED) is 0.906. The van der Waals surface area contributed by atoms with Crippen molar-refractivity contribution in [3.05, 3.63) is 35.4 Å². The fraction of sp³-hybridized carbons (Fsp3) is 0.529. The van der Waals surface area contributed by atoms with Gasteiger partial charge in [-0.25, -0.2) is 4.79 Å². The number of unbranched alkanes of at least 4 members (excludes halogenated alkanes) is 1. The summed E-state index contributed by atoms with van der Waals surface area (Å²) < 4.78 is 0. The summed E-state index contributed by atoms with van der Waals surface area (Å²) in [4.78, 5) is 25.8. The number of amides is 1. The van der Waals surface area contributed by atoms with Crippen LogP contribution in [0, 0.1) is 5.92 Å². The van der Waals surface area contributed by atoms with Gasteiger partial charge in [0, 0.05) is 12.5 Å². The van der Waals surface area contributed by atoms with E-state index in [-0.39, 0.29) is 11.8 Å². The number of aliphatic carboxylic acids is 1. The number of rotatable bonds is 5. The fourth-order valence-corrected chi connectivity index (χ4v) is 2.99. The van der Waals surface area contributed by atoms with Crippen molar-refractivity contribution in [1.82, 2.24) is 4.90 Å². The SMILES string of the molecule is CCCCC(C)C(=O)N1CCc2ccccc2C1C(=O)O. The van der Waals surface area contributed by atoms with Crippen molar-refractivity contribution in [3.63, 3.8) is 0 Å². The standard InChI is InChI=1S/C17H23NO3/c1-3-4-7-12(2)16(19)18-11-10-13-8-5-6-9-14(13)15(18)17(20)21/h5-6,8-9,12,15H,3-4,7,10-11H2,1-2H3,(H,20,21). The molecule has 1 aliphatic rings. The Morgan fingerprint density at radius 1 is 1.38 bits per heavy atom. The van der Waals surface area contributed by atoms with E-state index in [1.165, 1.54) is 0 Å². The molecule has 114 valence electrons. The third kappa shape index (κ3) is 3.26. The maximum atomic E-state index is 12.6. The first-order valence-electron chi connectivity index (χ1n) is 7.67. The number of hydrogen-bond acceptors (Lipinski definition) is 2. The summed E-state index contributed by atoms with van der Waals surface area (Å²) in [6, 6.07) is 6.69. The third-order valence-corrected chi connectivity index (χ3v) is 4.21. The fourth-order valence-electron chi connectivity index (χ4n) is 2.99. The van der Waals surface area contributed by atoms with Crippen molar-refractivity contribution in [2.45, 2.75) is 45.6 Å². The first-order valence-corrected chi connectivity index (χ1v) is 7.67. The second-order valence-corrected chi connectivity index (χ2v) is 5.76. The summed E-state index contributed by atoms with van der Waals surface area (Å²) in [5, 5.41) is 9.57. The van der Waals surface area contributed by atoms with Gasteiger partial charge in [-0.1, -0.05) is 51.0 Å². The van der Waals surface area contributed by atoms with E-state index in [0.717, 1.165) is 36.8 Å². The Morgan fingerprint density at radius 3 is 2.76 bits per heavy atom. The molecule has 0 saturated carbocycles. The molecule has 4 nitrogen and oxygen atoms in total. The minimum Gasteiger partial charge on any atom is -0.479 e. The summed E-state index contributed by atoms with van der Waals surface area (Å²) >= 11 is 0. The summed E-state index contributed by atoms with van der Waals surface area (Å²) in [6.45, 7) is 4.48. The molecule has 1 aliphatic heterocycles. The van der Waals surface area contributed by atoms with Crippen LogP contribution in [-0.4, -0.2) is 28.4 Å². The zero-order valence-electron chi connectivity index (χ0n) is 12.7. The van der Waals surface area contributed by atoms with E-state index < -0.39 is 12.0 Å². The van der Waals surface area contributed by atoms with Crippen molar-refractivity contribution in [2.75, 3.05) is 6.54 Å². The van der Waals surface area contributed by atoms with Crippen LogP contribution in [0.5, 0.6) is 0 Å². The molecule has 0 aliphatic carbocycles. The minimum absolute atomic E-state index is 0.0367.